The van der Waals surface area contributed by atoms with Crippen LogP contribution in [0.5, 0.6) is 0 Å². The summed E-state index contributed by atoms with van der Waals surface area (Å²) in [6, 6.07) is -2.70. The average Bonchev–Trinajstić information content (AvgIpc) is 1.12. The summed E-state index contributed by atoms with van der Waals surface area (Å²) in [5.74, 6) is -12.0. The first kappa shape index (κ1) is 77.9. The van der Waals surface area contributed by atoms with Crippen molar-refractivity contribution in [2.75, 3.05) is 34.0 Å². The summed E-state index contributed by atoms with van der Waals surface area (Å²) in [5.41, 5.74) is 8.21. The zero-order valence-electron chi connectivity index (χ0n) is 55.3. The third-order valence-electron chi connectivity index (χ3n) is 17.6. The van der Waals surface area contributed by atoms with Crippen molar-refractivity contribution in [3.63, 3.8) is 0 Å². The fraction of sp³-hybridized carbons (Fsp3) is 0.793. The van der Waals surface area contributed by atoms with Crippen LogP contribution in [0.3, 0.4) is 0 Å². The normalized spacial score (nSPS) is 38.3. The predicted molar refractivity (Wildman–Crippen MR) is 313 cm³/mol. The number of methoxy groups -OCH3 is 1. The standard InChI is InChI=1S/C58H90N5O31P/c1-21-22(2)44(84-31(11)67)54(86-36(21)19-80-30(10)66)81-20-37-42(89-52-38(61-28(8)64)25(5)41(27(7)83-52)88-55-45(85-32(12)68)24(4)23(3)43(90-55)50(73)63-40-33(69)16-17-34(40)70)26(6)39(62-29(9)65)53(87-37)91-46-47(93-57(60)75)58(13,76)48(49(59)72)92-56(46)94-95(77,79-15)82-18-35(71)51(74)78-14/h21-27,35-39,41-48,52-56,69,71,76H,16-20H2,1-15H3,(H2,59,72)(H2,60,75)(H,61,64)(H,62,65)(H,63,73)/t21-,22+,23-,24+,25-,26-,27?,35-,36?,37?,38?,39?,41-,42-,43?,44?,45?,46?,47-,48?,52+,53+,54-,55-,56+,58+,95?/m1/s1. The molecule has 0 bridgehead atoms. The molecule has 6 rings (SSSR count). The Balaban J connectivity index is 1.44. The molecule has 0 aromatic heterocycles. The Morgan fingerprint density at radius 1 is 0.642 bits per heavy atom. The van der Waals surface area contributed by atoms with Gasteiger partial charge >= 0.3 is 37.8 Å². The number of aliphatic hydroxyl groups is 3. The van der Waals surface area contributed by atoms with E-state index in [4.69, 9.17) is 86.6 Å². The maximum Gasteiger partial charge on any atom is 0.477 e. The number of Topliss-reactive ketones (excluding diaryl/α,β-unsaturated/α-hetero) is 1. The fourth-order valence-corrected chi connectivity index (χ4v) is 13.2. The van der Waals surface area contributed by atoms with E-state index < -0.39 is 238 Å². The summed E-state index contributed by atoms with van der Waals surface area (Å²) in [5, 5.41) is 40.9. The number of primary amides is 2. The summed E-state index contributed by atoms with van der Waals surface area (Å²) in [6.07, 6.45) is -28.9. The lowest BCUT2D eigenvalue weighted by Crippen LogP contribution is -2.71. The molecule has 0 spiro atoms. The number of nitrogens with two attached hydrogens (primary N) is 2. The second kappa shape index (κ2) is 33.0. The topological polar surface area (TPSA) is 493 Å². The molecule has 0 radical (unpaired) electrons. The highest BCUT2D eigenvalue weighted by Gasteiger charge is 2.62. The molecule has 5 amide bonds. The van der Waals surface area contributed by atoms with Crippen molar-refractivity contribution < 1.29 is 148 Å². The number of amides is 5. The van der Waals surface area contributed by atoms with Crippen LogP contribution in [0, 0.1) is 35.5 Å². The first-order chi connectivity index (χ1) is 44.3. The number of carbonyl (C=O) groups is 10. The largest absolute Gasteiger partial charge is 0.510 e. The smallest absolute Gasteiger partial charge is 0.477 e. The maximum atomic E-state index is 14.3. The van der Waals surface area contributed by atoms with Gasteiger partial charge in [-0.15, -0.1) is 0 Å². The van der Waals surface area contributed by atoms with Crippen molar-refractivity contribution in [2.24, 2.45) is 47.0 Å². The van der Waals surface area contributed by atoms with Crippen LogP contribution in [0.1, 0.15) is 103 Å². The van der Waals surface area contributed by atoms with Crippen LogP contribution < -0.4 is 27.4 Å². The van der Waals surface area contributed by atoms with E-state index in [0.717, 1.165) is 35.0 Å². The summed E-state index contributed by atoms with van der Waals surface area (Å²) in [7, 11) is -3.44. The molecule has 0 saturated carbocycles. The van der Waals surface area contributed by atoms with Crippen LogP contribution in [0.25, 0.3) is 0 Å². The molecule has 5 fully saturated rings. The van der Waals surface area contributed by atoms with Crippen LogP contribution in [0.15, 0.2) is 11.5 Å². The Kier molecular flexibility index (Phi) is 27.0. The molecule has 10 N–H and O–H groups in total. The minimum Gasteiger partial charge on any atom is -0.510 e. The highest BCUT2D eigenvalue weighted by Crippen LogP contribution is 2.53. The lowest BCUT2D eigenvalue weighted by atomic mass is 9.82. The number of carbonyl (C=O) groups excluding carboxylic acids is 10. The van der Waals surface area contributed by atoms with Crippen LogP contribution in [0.4, 0.5) is 4.79 Å². The second-order valence-electron chi connectivity index (χ2n) is 24.6. The van der Waals surface area contributed by atoms with Crippen molar-refractivity contribution >= 4 is 67.2 Å². The lowest BCUT2D eigenvalue weighted by molar-refractivity contribution is -0.367. The van der Waals surface area contributed by atoms with Gasteiger partial charge in [-0.1, -0.05) is 41.5 Å². The summed E-state index contributed by atoms with van der Waals surface area (Å²) >= 11 is 0. The highest BCUT2D eigenvalue weighted by atomic mass is 31.2. The van der Waals surface area contributed by atoms with Gasteiger partial charge in [0.05, 0.1) is 56.8 Å². The summed E-state index contributed by atoms with van der Waals surface area (Å²) in [6.45, 7) is 16.4. The zero-order chi connectivity index (χ0) is 71.0. The number of rotatable bonds is 26. The van der Waals surface area contributed by atoms with Gasteiger partial charge in [0.2, 0.25) is 17.7 Å². The number of allylic oxidation sites excluding steroid dienone is 2. The molecule has 0 aromatic carbocycles. The van der Waals surface area contributed by atoms with Crippen molar-refractivity contribution in [3.05, 3.63) is 11.5 Å². The Bertz CT molecular complexity index is 2880. The first-order valence-electron chi connectivity index (χ1n) is 30.7. The molecule has 5 saturated heterocycles. The molecule has 37 heteroatoms. The van der Waals surface area contributed by atoms with Crippen LogP contribution in [-0.2, 0) is 128 Å². The third-order valence-corrected chi connectivity index (χ3v) is 19.0. The molecule has 5 heterocycles. The molecule has 36 nitrogen and oxygen atoms in total. The molecule has 11 unspecified atom stereocenters. The van der Waals surface area contributed by atoms with E-state index in [0.29, 0.717) is 0 Å². The number of hydrogen-bond donors (Lipinski definition) is 8. The van der Waals surface area contributed by atoms with Gasteiger partial charge in [0.25, 0.3) is 5.91 Å². The number of nitrogens with one attached hydrogen (secondary N) is 3. The molecule has 27 atom stereocenters. The summed E-state index contributed by atoms with van der Waals surface area (Å²) in [4.78, 5) is 129. The lowest BCUT2D eigenvalue weighted by Gasteiger charge is -2.52. The first-order valence-corrected chi connectivity index (χ1v) is 32.2. The van der Waals surface area contributed by atoms with Gasteiger partial charge in [0.15, 0.2) is 73.9 Å². The Morgan fingerprint density at radius 3 is 1.72 bits per heavy atom. The third kappa shape index (κ3) is 19.0. The SMILES string of the molecule is COC(=O)[C@H](O)COP(=O)(OC)O[C@@H]1OC(C(N)=O)[C@@](C)(O)[C@H](OC(N)=O)C1O[C@@H]1OC(CO[C@@H]2OC(COC(C)=O)[C@H](C)[C@H](C)C2OC(C)=O)[C@H](O[C@@H]2OC(C)[C@H](O[C@@H]3OC(C(=O)NC4=C(O)CCC4=O)[C@H](C)[C@H](C)C3OC(C)=O)[C@H](C)C2NC(C)=O)[C@H](C)C1NC(C)=O. The van der Waals surface area contributed by atoms with E-state index in [-0.39, 0.29) is 30.9 Å². The van der Waals surface area contributed by atoms with E-state index in [1.54, 1.807) is 41.5 Å². The number of phosphoric ester groups is 1. The quantitative estimate of drug-likeness (QED) is 0.0302. The molecule has 5 aliphatic heterocycles. The number of aliphatic hydroxyl groups excluding tert-OH is 2. The van der Waals surface area contributed by atoms with Gasteiger partial charge < -0.3 is 109 Å². The molecule has 538 valence electrons. The van der Waals surface area contributed by atoms with Crippen molar-refractivity contribution in [2.45, 2.75) is 225 Å². The Hall–Kier alpha value is -6.09. The maximum absolute atomic E-state index is 14.3. The van der Waals surface area contributed by atoms with Gasteiger partial charge in [-0.2, -0.15) is 0 Å². The van der Waals surface area contributed by atoms with E-state index in [2.05, 4.69) is 20.7 Å². The van der Waals surface area contributed by atoms with E-state index in [9.17, 15) is 67.8 Å². The average molecular weight is 1380 g/mol. The zero-order valence-corrected chi connectivity index (χ0v) is 56.2. The van der Waals surface area contributed by atoms with Crippen molar-refractivity contribution in [1.29, 1.82) is 0 Å². The van der Waals surface area contributed by atoms with Crippen molar-refractivity contribution in [1.82, 2.24) is 16.0 Å². The Labute approximate surface area is 547 Å². The van der Waals surface area contributed by atoms with E-state index >= 15 is 0 Å². The van der Waals surface area contributed by atoms with E-state index in [1.165, 1.54) is 27.7 Å². The van der Waals surface area contributed by atoms with Gasteiger partial charge in [-0.25, -0.2) is 14.2 Å². The van der Waals surface area contributed by atoms with E-state index in [1.807, 2.05) is 0 Å². The van der Waals surface area contributed by atoms with Crippen LogP contribution in [-0.4, -0.2) is 231 Å². The molecule has 1 aliphatic carbocycles. The molecular formula is C58H90N5O31P. The number of ketones is 1. The highest BCUT2D eigenvalue weighted by molar-refractivity contribution is 7.48. The second-order valence-corrected chi connectivity index (χ2v) is 26.3. The van der Waals surface area contributed by atoms with Gasteiger partial charge in [0, 0.05) is 78.2 Å². The van der Waals surface area contributed by atoms with Crippen molar-refractivity contribution in [3.8, 4) is 0 Å². The van der Waals surface area contributed by atoms with Gasteiger partial charge in [-0.05, 0) is 25.7 Å². The van der Waals surface area contributed by atoms with Crippen LogP contribution >= 0.6 is 7.82 Å². The Morgan fingerprint density at radius 2 is 1.19 bits per heavy atom. The summed E-state index contributed by atoms with van der Waals surface area (Å²) < 4.78 is 116. The minimum absolute atomic E-state index is 0.0204. The number of phosphoric acid groups is 1. The van der Waals surface area contributed by atoms with Gasteiger partial charge in [0.1, 0.15) is 35.9 Å². The molecule has 95 heavy (non-hydrogen) atoms. The number of hydrogen-bond acceptors (Lipinski definition) is 31. The fourth-order valence-electron chi connectivity index (χ4n) is 12.2. The predicted octanol–water partition coefficient (Wildman–Crippen LogP) is -0.674. The monoisotopic (exact) mass is 1380 g/mol. The minimum atomic E-state index is -5.18. The molecule has 6 aliphatic rings. The van der Waals surface area contributed by atoms with Crippen LogP contribution in [0.2, 0.25) is 0 Å². The number of esters is 4. The van der Waals surface area contributed by atoms with Gasteiger partial charge in [-0.3, -0.25) is 51.9 Å². The molecular weight excluding hydrogens is 1290 g/mol. The molecule has 0 aromatic rings. The number of ether oxygens (including phenoxy) is 14.